The van der Waals surface area contributed by atoms with Crippen LogP contribution in [0.2, 0.25) is 0 Å². The van der Waals surface area contributed by atoms with Crippen molar-refractivity contribution >= 4 is 11.9 Å². The van der Waals surface area contributed by atoms with E-state index < -0.39 is 17.0 Å². The van der Waals surface area contributed by atoms with Crippen LogP contribution < -0.4 is 4.84 Å². The molecule has 0 fully saturated rings. The molecule has 23 heavy (non-hydrogen) atoms. The van der Waals surface area contributed by atoms with Gasteiger partial charge in [-0.15, -0.1) is 10.1 Å². The summed E-state index contributed by atoms with van der Waals surface area (Å²) in [5.41, 5.74) is -0.237. The van der Waals surface area contributed by atoms with Crippen LogP contribution in [-0.4, -0.2) is 27.2 Å². The second-order valence-corrected chi connectivity index (χ2v) is 4.67. The van der Waals surface area contributed by atoms with Crippen molar-refractivity contribution in [3.63, 3.8) is 0 Å². The molecule has 0 amide bonds. The molecule has 0 unspecified atom stereocenters. The number of hydrogen-bond acceptors (Lipinski definition) is 5. The van der Waals surface area contributed by atoms with Gasteiger partial charge >= 0.3 is 11.9 Å². The molecule has 0 aromatic heterocycles. The maximum atomic E-state index is 10.5. The Morgan fingerprint density at radius 1 is 1.13 bits per heavy atom. The second-order valence-electron chi connectivity index (χ2n) is 4.67. The van der Waals surface area contributed by atoms with Gasteiger partial charge in [-0.05, 0) is 18.6 Å². The molecule has 0 aliphatic heterocycles. The summed E-state index contributed by atoms with van der Waals surface area (Å²) in [6, 6.07) is 5.34. The number of unbranched alkanes of at least 4 members (excludes halogenated alkanes) is 4. The highest BCUT2D eigenvalue weighted by Crippen LogP contribution is 2.17. The number of carboxylic acids is 2. The van der Waals surface area contributed by atoms with E-state index in [1.54, 1.807) is 0 Å². The third kappa shape index (κ3) is 10.7. The molecule has 2 N–H and O–H groups in total. The molecule has 0 aliphatic carbocycles. The Hall–Kier alpha value is -2.64. The first-order valence-electron chi connectivity index (χ1n) is 7.25. The average molecular weight is 327 g/mol. The van der Waals surface area contributed by atoms with Crippen LogP contribution in [0.3, 0.4) is 0 Å². The van der Waals surface area contributed by atoms with Gasteiger partial charge in [0.2, 0.25) is 0 Å². The Labute approximate surface area is 133 Å². The highest BCUT2D eigenvalue weighted by Gasteiger charge is 2.11. The summed E-state index contributed by atoms with van der Waals surface area (Å²) in [4.78, 5) is 34.5. The van der Waals surface area contributed by atoms with E-state index >= 15 is 0 Å². The summed E-state index contributed by atoms with van der Waals surface area (Å²) < 4.78 is 0. The summed E-state index contributed by atoms with van der Waals surface area (Å²) in [6.45, 7) is 2.15. The van der Waals surface area contributed by atoms with Gasteiger partial charge in [0.05, 0.1) is 5.56 Å². The monoisotopic (exact) mass is 327 g/mol. The van der Waals surface area contributed by atoms with Gasteiger partial charge in [-0.3, -0.25) is 9.63 Å². The first-order valence-corrected chi connectivity index (χ1v) is 7.25. The number of nitrogens with zero attached hydrogens (tertiary/aromatic N) is 1. The third-order valence-corrected chi connectivity index (χ3v) is 2.78. The van der Waals surface area contributed by atoms with E-state index in [1.165, 1.54) is 43.5 Å². The lowest BCUT2D eigenvalue weighted by Crippen LogP contribution is -2.08. The lowest BCUT2D eigenvalue weighted by atomic mass is 10.1. The maximum Gasteiger partial charge on any atom is 0.337 e. The maximum absolute atomic E-state index is 10.5. The summed E-state index contributed by atoms with van der Waals surface area (Å²) >= 11 is 0. The summed E-state index contributed by atoms with van der Waals surface area (Å²) in [5.74, 6) is -2.21. The SMILES string of the molecule is CCCCCCCC(=O)O.O=C(O)c1ccccc1O[N+](=O)[O-]. The molecular weight excluding hydrogens is 306 g/mol. The van der Waals surface area contributed by atoms with Crippen LogP contribution in [-0.2, 0) is 4.79 Å². The van der Waals surface area contributed by atoms with Crippen LogP contribution in [0.15, 0.2) is 24.3 Å². The molecule has 1 rings (SSSR count). The first-order chi connectivity index (χ1) is 10.9. The zero-order chi connectivity index (χ0) is 17.7. The molecule has 0 bridgehead atoms. The molecule has 0 spiro atoms. The Morgan fingerprint density at radius 3 is 2.26 bits per heavy atom. The number of carbonyl (C=O) groups is 2. The predicted molar refractivity (Wildman–Crippen MR) is 82.0 cm³/mol. The van der Waals surface area contributed by atoms with Crippen molar-refractivity contribution in [1.29, 1.82) is 0 Å². The predicted octanol–water partition coefficient (Wildman–Crippen LogP) is 3.39. The topological polar surface area (TPSA) is 127 Å². The first kappa shape index (κ1) is 20.4. The van der Waals surface area contributed by atoms with E-state index in [-0.39, 0.29) is 11.3 Å². The van der Waals surface area contributed by atoms with Crippen LogP contribution >= 0.6 is 0 Å². The number of hydrogen-bond donors (Lipinski definition) is 2. The molecule has 0 aliphatic rings. The highest BCUT2D eigenvalue weighted by molar-refractivity contribution is 5.90. The lowest BCUT2D eigenvalue weighted by molar-refractivity contribution is -0.711. The van der Waals surface area contributed by atoms with Gasteiger partial charge in [-0.2, -0.15) is 0 Å². The molecule has 0 saturated heterocycles. The van der Waals surface area contributed by atoms with Crippen molar-refractivity contribution in [3.8, 4) is 5.75 Å². The van der Waals surface area contributed by atoms with Crippen LogP contribution in [0.1, 0.15) is 55.8 Å². The summed E-state index contributed by atoms with van der Waals surface area (Å²) in [7, 11) is 0. The Morgan fingerprint density at radius 2 is 1.74 bits per heavy atom. The van der Waals surface area contributed by atoms with Crippen molar-refractivity contribution in [3.05, 3.63) is 39.9 Å². The van der Waals surface area contributed by atoms with Gasteiger partial charge < -0.3 is 10.2 Å². The highest BCUT2D eigenvalue weighted by atomic mass is 17.0. The molecular formula is C15H21NO7. The number of aromatic carboxylic acids is 1. The molecule has 0 saturated carbocycles. The Kier molecular flexibility index (Phi) is 10.6. The van der Waals surface area contributed by atoms with Crippen LogP contribution in [0, 0.1) is 10.1 Å². The van der Waals surface area contributed by atoms with Gasteiger partial charge in [0.1, 0.15) is 5.75 Å². The molecule has 8 nitrogen and oxygen atoms in total. The van der Waals surface area contributed by atoms with E-state index in [2.05, 4.69) is 11.8 Å². The molecule has 8 heteroatoms. The van der Waals surface area contributed by atoms with Crippen molar-refractivity contribution in [2.24, 2.45) is 0 Å². The molecule has 0 atom stereocenters. The minimum absolute atomic E-state index is 0.237. The van der Waals surface area contributed by atoms with E-state index in [4.69, 9.17) is 10.2 Å². The molecule has 128 valence electrons. The van der Waals surface area contributed by atoms with Crippen molar-refractivity contribution < 1.29 is 29.7 Å². The number of benzene rings is 1. The van der Waals surface area contributed by atoms with Crippen molar-refractivity contribution in [2.45, 2.75) is 45.4 Å². The van der Waals surface area contributed by atoms with E-state index in [9.17, 15) is 19.7 Å². The lowest BCUT2D eigenvalue weighted by Gasteiger charge is -2.01. The molecule has 0 heterocycles. The van der Waals surface area contributed by atoms with Crippen LogP contribution in [0.4, 0.5) is 0 Å². The fourth-order valence-corrected chi connectivity index (χ4v) is 1.68. The van der Waals surface area contributed by atoms with Crippen molar-refractivity contribution in [2.75, 3.05) is 0 Å². The van der Waals surface area contributed by atoms with E-state index in [1.807, 2.05) is 0 Å². The summed E-state index contributed by atoms with van der Waals surface area (Å²) in [6.07, 6.45) is 5.88. The molecule has 0 radical (unpaired) electrons. The van der Waals surface area contributed by atoms with Crippen LogP contribution in [0.5, 0.6) is 5.75 Å². The molecule has 1 aromatic carbocycles. The van der Waals surface area contributed by atoms with E-state index in [0.717, 1.165) is 12.8 Å². The minimum Gasteiger partial charge on any atom is -0.481 e. The third-order valence-electron chi connectivity index (χ3n) is 2.78. The average Bonchev–Trinajstić information content (AvgIpc) is 2.47. The van der Waals surface area contributed by atoms with Gasteiger partial charge in [0, 0.05) is 6.42 Å². The van der Waals surface area contributed by atoms with E-state index in [0.29, 0.717) is 6.42 Å². The van der Waals surface area contributed by atoms with Crippen molar-refractivity contribution in [1.82, 2.24) is 0 Å². The standard InChI is InChI=1S/C8H16O2.C7H5NO5/c1-2-3-4-5-6-7-8(9)10;9-7(10)5-3-1-2-4-6(5)13-8(11)12/h2-7H2,1H3,(H,9,10);1-4H,(H,9,10). The van der Waals surface area contributed by atoms with Crippen LogP contribution in [0.25, 0.3) is 0 Å². The van der Waals surface area contributed by atoms with Gasteiger partial charge in [-0.25, -0.2) is 4.79 Å². The van der Waals surface area contributed by atoms with Gasteiger partial charge in [0.25, 0.3) is 5.09 Å². The number of aliphatic carboxylic acids is 1. The number of carboxylic acid groups (broad SMARTS) is 2. The Balaban J connectivity index is 0.000000438. The molecule has 1 aromatic rings. The zero-order valence-electron chi connectivity index (χ0n) is 12.9. The normalized spacial score (nSPS) is 9.43. The number of para-hydroxylation sites is 1. The quantitative estimate of drug-likeness (QED) is 0.404. The smallest absolute Gasteiger partial charge is 0.337 e. The second kappa shape index (κ2) is 12.0. The zero-order valence-corrected chi connectivity index (χ0v) is 12.9. The number of rotatable bonds is 9. The van der Waals surface area contributed by atoms with Gasteiger partial charge in [-0.1, -0.05) is 44.7 Å². The summed E-state index contributed by atoms with van der Waals surface area (Å²) in [5, 5.41) is 25.7. The Bertz CT molecular complexity index is 516. The fourth-order valence-electron chi connectivity index (χ4n) is 1.68. The fraction of sp³-hybridized carbons (Fsp3) is 0.467. The largest absolute Gasteiger partial charge is 0.481 e. The minimum atomic E-state index is -1.27. The van der Waals surface area contributed by atoms with Gasteiger partial charge in [0.15, 0.2) is 0 Å².